The predicted octanol–water partition coefficient (Wildman–Crippen LogP) is 4.74. The summed E-state index contributed by atoms with van der Waals surface area (Å²) in [5.41, 5.74) is 1.07. The van der Waals surface area contributed by atoms with Gasteiger partial charge in [-0.1, -0.05) is 48.5 Å². The van der Waals surface area contributed by atoms with Crippen molar-refractivity contribution in [1.29, 1.82) is 0 Å². The Morgan fingerprint density at radius 1 is 0.528 bits per heavy atom. The largest absolute Gasteiger partial charge is 0.378 e. The highest BCUT2D eigenvalue weighted by molar-refractivity contribution is 7.92. The molecule has 0 amide bonds. The summed E-state index contributed by atoms with van der Waals surface area (Å²) < 4.78 is 85.1. The molecule has 0 saturated heterocycles. The molecule has 0 fully saturated rings. The van der Waals surface area contributed by atoms with Crippen LogP contribution in [0.1, 0.15) is 11.1 Å². The molecule has 7 nitrogen and oxygen atoms in total. The lowest BCUT2D eigenvalue weighted by Gasteiger charge is -2.15. The highest BCUT2D eigenvalue weighted by Gasteiger charge is 2.30. The van der Waals surface area contributed by atoms with Crippen LogP contribution in [0.3, 0.4) is 0 Å². The zero-order valence-electron chi connectivity index (χ0n) is 19.3. The number of sulfone groups is 2. The van der Waals surface area contributed by atoms with Crippen molar-refractivity contribution in [3.05, 3.63) is 108 Å². The second-order valence-electron chi connectivity index (χ2n) is 8.05. The Hall–Kier alpha value is -3.47. The fraction of sp³-hybridized carbons (Fsp3) is 0.0769. The lowest BCUT2D eigenvalue weighted by molar-refractivity contribution is 0.478. The zero-order chi connectivity index (χ0) is 26.1. The molecule has 0 N–H and O–H groups in total. The fourth-order valence-corrected chi connectivity index (χ4v) is 7.67. The maximum absolute atomic E-state index is 13.8. The van der Waals surface area contributed by atoms with E-state index in [1.165, 1.54) is 42.5 Å². The molecule has 4 rings (SSSR count). The fourth-order valence-electron chi connectivity index (χ4n) is 3.54. The first-order chi connectivity index (χ1) is 16.9. The molecule has 10 heteroatoms. The van der Waals surface area contributed by atoms with Crippen molar-refractivity contribution in [2.45, 2.75) is 38.3 Å². The van der Waals surface area contributed by atoms with Gasteiger partial charge < -0.3 is 4.18 Å². The van der Waals surface area contributed by atoms with Gasteiger partial charge in [0.1, 0.15) is 9.79 Å². The molecule has 4 aromatic carbocycles. The van der Waals surface area contributed by atoms with Crippen LogP contribution in [0.5, 0.6) is 5.75 Å². The van der Waals surface area contributed by atoms with Crippen LogP contribution in [0.2, 0.25) is 0 Å². The van der Waals surface area contributed by atoms with E-state index in [-0.39, 0.29) is 19.6 Å². The molecule has 0 aromatic heterocycles. The molecule has 4 aromatic rings. The minimum atomic E-state index is -4.41. The molecule has 0 aliphatic rings. The molecular formula is C26H22O7S3. The third-order valence-electron chi connectivity index (χ3n) is 5.43. The van der Waals surface area contributed by atoms with Gasteiger partial charge in [0, 0.05) is 0 Å². The Morgan fingerprint density at radius 3 is 1.72 bits per heavy atom. The van der Waals surface area contributed by atoms with Crippen molar-refractivity contribution < 1.29 is 29.4 Å². The van der Waals surface area contributed by atoms with Crippen LogP contribution < -0.4 is 4.18 Å². The van der Waals surface area contributed by atoms with E-state index < -0.39 is 40.4 Å². The highest BCUT2D eigenvalue weighted by atomic mass is 32.2. The monoisotopic (exact) mass is 542 g/mol. The summed E-state index contributed by atoms with van der Waals surface area (Å²) in [5.74, 6) is -0.508. The van der Waals surface area contributed by atoms with E-state index in [1.54, 1.807) is 50.2 Å². The molecule has 0 radical (unpaired) electrons. The summed E-state index contributed by atoms with van der Waals surface area (Å²) in [4.78, 5) is -1.19. The van der Waals surface area contributed by atoms with E-state index in [1.807, 2.05) is 0 Å². The number of rotatable bonds is 7. The van der Waals surface area contributed by atoms with Gasteiger partial charge in [-0.25, -0.2) is 16.8 Å². The predicted molar refractivity (Wildman–Crippen MR) is 134 cm³/mol. The third kappa shape index (κ3) is 4.92. The first-order valence-electron chi connectivity index (χ1n) is 10.7. The Morgan fingerprint density at radius 2 is 1.11 bits per heavy atom. The van der Waals surface area contributed by atoms with Crippen LogP contribution in [-0.2, 0) is 29.8 Å². The van der Waals surface area contributed by atoms with E-state index in [0.29, 0.717) is 11.1 Å². The smallest absolute Gasteiger partial charge is 0.339 e. The molecule has 0 unspecified atom stereocenters. The quantitative estimate of drug-likeness (QED) is 0.310. The molecule has 0 heterocycles. The summed E-state index contributed by atoms with van der Waals surface area (Å²) in [6, 6.07) is 22.7. The average molecular weight is 543 g/mol. The first-order valence-corrected chi connectivity index (χ1v) is 15.1. The van der Waals surface area contributed by atoms with Crippen LogP contribution in [0.15, 0.2) is 122 Å². The maximum atomic E-state index is 13.8. The van der Waals surface area contributed by atoms with Crippen molar-refractivity contribution in [3.63, 3.8) is 0 Å². The van der Waals surface area contributed by atoms with Crippen LogP contribution in [0.4, 0.5) is 0 Å². The van der Waals surface area contributed by atoms with Crippen LogP contribution in [0.25, 0.3) is 0 Å². The van der Waals surface area contributed by atoms with Crippen LogP contribution >= 0.6 is 0 Å². The Labute approximate surface area is 211 Å². The Kier molecular flexibility index (Phi) is 6.78. The van der Waals surface area contributed by atoms with E-state index >= 15 is 0 Å². The topological polar surface area (TPSA) is 112 Å². The molecule has 0 bridgehead atoms. The lowest BCUT2D eigenvalue weighted by atomic mass is 10.2. The highest BCUT2D eigenvalue weighted by Crippen LogP contribution is 2.36. The van der Waals surface area contributed by atoms with Gasteiger partial charge in [-0.05, 0) is 73.5 Å². The van der Waals surface area contributed by atoms with Crippen molar-refractivity contribution in [2.24, 2.45) is 0 Å². The summed E-state index contributed by atoms with van der Waals surface area (Å²) in [7, 11) is -12.9. The van der Waals surface area contributed by atoms with Gasteiger partial charge in [0.15, 0.2) is 5.75 Å². The number of hydrogen-bond donors (Lipinski definition) is 0. The average Bonchev–Trinajstić information content (AvgIpc) is 2.86. The number of benzene rings is 4. The molecule has 0 aliphatic carbocycles. The van der Waals surface area contributed by atoms with Crippen molar-refractivity contribution in [3.8, 4) is 5.75 Å². The second kappa shape index (κ2) is 9.53. The molecule has 0 spiro atoms. The summed E-state index contributed by atoms with van der Waals surface area (Å²) in [5, 5.41) is 0. The van der Waals surface area contributed by atoms with E-state index in [2.05, 4.69) is 0 Å². The van der Waals surface area contributed by atoms with Gasteiger partial charge in [0.05, 0.1) is 14.7 Å². The van der Waals surface area contributed by atoms with E-state index in [4.69, 9.17) is 4.18 Å². The van der Waals surface area contributed by atoms with E-state index in [0.717, 1.165) is 18.2 Å². The lowest BCUT2D eigenvalue weighted by Crippen LogP contribution is -2.14. The van der Waals surface area contributed by atoms with Crippen molar-refractivity contribution >= 4 is 29.8 Å². The molecule has 0 aliphatic heterocycles. The SMILES string of the molecule is Cc1ccc(C)c(S(=O)(=O)c2cc(S(=O)(=O)c3ccccc3)ccc2OS(=O)(=O)c2ccccc2)c1. The Bertz CT molecular complexity index is 1750. The summed E-state index contributed by atoms with van der Waals surface area (Å²) in [6.45, 7) is 3.31. The van der Waals surface area contributed by atoms with Gasteiger partial charge in [-0.15, -0.1) is 0 Å². The standard InChI is InChI=1S/C26H22O7S3/c1-19-13-14-20(2)25(17-19)35(29,30)26-18-23(34(27,28)21-9-5-3-6-10-21)15-16-24(26)33-36(31,32)22-11-7-4-8-12-22/h3-18H,1-2H3. The summed E-state index contributed by atoms with van der Waals surface area (Å²) >= 11 is 0. The van der Waals surface area contributed by atoms with Gasteiger partial charge in [-0.2, -0.15) is 8.42 Å². The maximum Gasteiger partial charge on any atom is 0.339 e. The molecule has 36 heavy (non-hydrogen) atoms. The Balaban J connectivity index is 1.95. The molecule has 0 atom stereocenters. The zero-order valence-corrected chi connectivity index (χ0v) is 21.8. The molecule has 186 valence electrons. The summed E-state index contributed by atoms with van der Waals surface area (Å²) in [6.07, 6.45) is 0. The normalized spacial score (nSPS) is 12.3. The van der Waals surface area contributed by atoms with E-state index in [9.17, 15) is 25.3 Å². The van der Waals surface area contributed by atoms with Gasteiger partial charge in [0.25, 0.3) is 0 Å². The third-order valence-corrected chi connectivity index (χ3v) is 10.4. The second-order valence-corrected chi connectivity index (χ2v) is 13.4. The number of hydrogen-bond acceptors (Lipinski definition) is 7. The van der Waals surface area contributed by atoms with Crippen molar-refractivity contribution in [1.82, 2.24) is 0 Å². The number of aryl methyl sites for hydroxylation is 2. The first kappa shape index (κ1) is 25.6. The van der Waals surface area contributed by atoms with Crippen LogP contribution in [0, 0.1) is 13.8 Å². The van der Waals surface area contributed by atoms with Gasteiger partial charge in [-0.3, -0.25) is 0 Å². The minimum Gasteiger partial charge on any atom is -0.378 e. The molecule has 0 saturated carbocycles. The van der Waals surface area contributed by atoms with Crippen LogP contribution in [-0.4, -0.2) is 25.3 Å². The van der Waals surface area contributed by atoms with Gasteiger partial charge >= 0.3 is 10.1 Å². The van der Waals surface area contributed by atoms with Gasteiger partial charge in [0.2, 0.25) is 19.7 Å². The van der Waals surface area contributed by atoms with Crippen molar-refractivity contribution in [2.75, 3.05) is 0 Å². The minimum absolute atomic E-state index is 0.0364. The molecular weight excluding hydrogens is 520 g/mol.